The predicted octanol–water partition coefficient (Wildman–Crippen LogP) is 7.05. The Balaban J connectivity index is 0.000000460. The molecule has 0 saturated heterocycles. The van der Waals surface area contributed by atoms with Gasteiger partial charge in [-0.2, -0.15) is 0 Å². The summed E-state index contributed by atoms with van der Waals surface area (Å²) in [7, 11) is 0. The molecule has 10 radical (unpaired) electrons. The maximum Gasteiger partial charge on any atom is 2.00 e. The average Bonchev–Trinajstić information content (AvgIpc) is 3.40. The summed E-state index contributed by atoms with van der Waals surface area (Å²) in [6.45, 7) is 4.48. The van der Waals surface area contributed by atoms with Crippen molar-refractivity contribution in [2.45, 2.75) is 71.6 Å². The van der Waals surface area contributed by atoms with E-state index in [0.29, 0.717) is 0 Å². The number of allylic oxidation sites excluding steroid dienone is 4. The summed E-state index contributed by atoms with van der Waals surface area (Å²) >= 11 is 0. The molecule has 1 heteroatoms. The molecule has 26 heavy (non-hydrogen) atoms. The molecule has 138 valence electrons. The van der Waals surface area contributed by atoms with Crippen molar-refractivity contribution in [2.24, 2.45) is 0 Å². The first kappa shape index (κ1) is 26.4. The summed E-state index contributed by atoms with van der Waals surface area (Å²) in [5.74, 6) is 0. The fourth-order valence-corrected chi connectivity index (χ4v) is 2.61. The molecule has 0 N–H and O–H groups in total. The first-order chi connectivity index (χ1) is 12.4. The molecule has 0 bridgehead atoms. The van der Waals surface area contributed by atoms with Gasteiger partial charge in [0.25, 0.3) is 0 Å². The molecule has 3 fully saturated rings. The van der Waals surface area contributed by atoms with Gasteiger partial charge >= 0.3 is 26.2 Å². The van der Waals surface area contributed by atoms with E-state index in [1.807, 2.05) is 64.2 Å². The second-order valence-electron chi connectivity index (χ2n) is 6.30. The van der Waals surface area contributed by atoms with Crippen LogP contribution in [-0.4, -0.2) is 0 Å². The SMILES string of the molecule is CCCC[C-]=C1CCCC1=[C-]CCCC.[CH]1[CH][CH][CH][CH]1.[CH]1[CH][CH][CH][CH]1.[Zr+2]. The van der Waals surface area contributed by atoms with Gasteiger partial charge in [0, 0.05) is 0 Å². The van der Waals surface area contributed by atoms with Gasteiger partial charge in [-0.1, -0.05) is 46.0 Å². The molecule has 0 spiro atoms. The van der Waals surface area contributed by atoms with Crippen molar-refractivity contribution >= 4 is 0 Å². The van der Waals surface area contributed by atoms with Crippen molar-refractivity contribution in [1.29, 1.82) is 0 Å². The molecule has 0 aromatic rings. The summed E-state index contributed by atoms with van der Waals surface area (Å²) in [5.41, 5.74) is 2.97. The minimum absolute atomic E-state index is 0. The van der Waals surface area contributed by atoms with Crippen LogP contribution in [-0.2, 0) is 26.2 Å². The zero-order valence-electron chi connectivity index (χ0n) is 16.6. The van der Waals surface area contributed by atoms with E-state index in [0.717, 1.165) is 12.8 Å². The van der Waals surface area contributed by atoms with Crippen molar-refractivity contribution in [1.82, 2.24) is 0 Å². The molecule has 3 aliphatic rings. The van der Waals surface area contributed by atoms with Crippen molar-refractivity contribution in [3.63, 3.8) is 0 Å². The Morgan fingerprint density at radius 3 is 1.19 bits per heavy atom. The van der Waals surface area contributed by atoms with E-state index in [1.54, 1.807) is 0 Å². The van der Waals surface area contributed by atoms with E-state index in [4.69, 9.17) is 0 Å². The van der Waals surface area contributed by atoms with Crippen LogP contribution in [0.15, 0.2) is 11.1 Å². The zero-order chi connectivity index (χ0) is 18.0. The summed E-state index contributed by atoms with van der Waals surface area (Å²) in [5, 5.41) is 0. The molecule has 3 rings (SSSR count). The maximum atomic E-state index is 3.58. The Morgan fingerprint density at radius 1 is 0.615 bits per heavy atom. The van der Waals surface area contributed by atoms with Crippen LogP contribution in [0.4, 0.5) is 0 Å². The summed E-state index contributed by atoms with van der Waals surface area (Å²) in [4.78, 5) is 0. The maximum absolute atomic E-state index is 3.58. The van der Waals surface area contributed by atoms with Crippen LogP contribution in [0, 0.1) is 76.4 Å². The number of rotatable bonds is 6. The minimum atomic E-state index is 0. The van der Waals surface area contributed by atoms with Crippen LogP contribution < -0.4 is 0 Å². The molecule has 0 aromatic heterocycles. The van der Waals surface area contributed by atoms with E-state index in [2.05, 4.69) is 26.0 Å². The van der Waals surface area contributed by atoms with Gasteiger partial charge in [0.05, 0.1) is 0 Å². The normalized spacial score (nSPS) is 21.8. The van der Waals surface area contributed by atoms with Crippen LogP contribution in [0.5, 0.6) is 0 Å². The zero-order valence-corrected chi connectivity index (χ0v) is 19.1. The third-order valence-electron chi connectivity index (χ3n) is 4.07. The van der Waals surface area contributed by atoms with Gasteiger partial charge in [-0.25, -0.2) is 0 Å². The Hall–Kier alpha value is 0.363. The second-order valence-corrected chi connectivity index (χ2v) is 6.30. The smallest absolute Gasteiger partial charge is 0.373 e. The first-order valence-corrected chi connectivity index (χ1v) is 9.91. The topological polar surface area (TPSA) is 0 Å². The molecule has 0 amide bonds. The molecule has 0 heterocycles. The number of unbranched alkanes of at least 4 members (excludes halogenated alkanes) is 4. The van der Waals surface area contributed by atoms with Crippen LogP contribution >= 0.6 is 0 Å². The van der Waals surface area contributed by atoms with Crippen molar-refractivity contribution in [2.75, 3.05) is 0 Å². The standard InChI is InChI=1S/C15H24.2C5H5.Zr/c1-3-5-7-10-14-12-9-13-15(14)11-8-6-4-2;2*1-2-4-5-3-1;/h3-9,12-13H2,1-2H3;2*1-5H;/q-2;;;+2. The molecule has 0 nitrogen and oxygen atoms in total. The van der Waals surface area contributed by atoms with Gasteiger partial charge in [0.15, 0.2) is 0 Å². The Kier molecular flexibility index (Phi) is 20.4. The molecule has 3 aliphatic carbocycles. The predicted molar refractivity (Wildman–Crippen MR) is 109 cm³/mol. The van der Waals surface area contributed by atoms with E-state index in [-0.39, 0.29) is 26.2 Å². The molecule has 0 aromatic carbocycles. The van der Waals surface area contributed by atoms with E-state index < -0.39 is 0 Å². The van der Waals surface area contributed by atoms with Gasteiger partial charge in [-0.3, -0.25) is 0 Å². The monoisotopic (exact) mass is 424 g/mol. The molecule has 0 atom stereocenters. The molecule has 0 aliphatic heterocycles. The van der Waals surface area contributed by atoms with Gasteiger partial charge in [-0.15, -0.1) is 25.7 Å². The van der Waals surface area contributed by atoms with Gasteiger partial charge < -0.3 is 23.3 Å². The number of hydrogen-bond donors (Lipinski definition) is 0. The van der Waals surface area contributed by atoms with Crippen molar-refractivity contribution < 1.29 is 26.2 Å². The molecule has 0 unspecified atom stereocenters. The summed E-state index contributed by atoms with van der Waals surface area (Å²) in [6, 6.07) is 0. The molecule has 3 saturated carbocycles. The van der Waals surface area contributed by atoms with Crippen LogP contribution in [0.1, 0.15) is 71.6 Å². The fourth-order valence-electron chi connectivity index (χ4n) is 2.61. The van der Waals surface area contributed by atoms with Crippen LogP contribution in [0.3, 0.4) is 0 Å². The Morgan fingerprint density at radius 2 is 0.923 bits per heavy atom. The summed E-state index contributed by atoms with van der Waals surface area (Å²) in [6.07, 6.45) is 38.4. The van der Waals surface area contributed by atoms with Gasteiger partial charge in [-0.05, 0) is 64.2 Å². The van der Waals surface area contributed by atoms with Crippen molar-refractivity contribution in [3.8, 4) is 0 Å². The second kappa shape index (κ2) is 20.1. The quantitative estimate of drug-likeness (QED) is 0.316. The van der Waals surface area contributed by atoms with E-state index in [9.17, 15) is 0 Å². The largest absolute Gasteiger partial charge is 2.00 e. The minimum Gasteiger partial charge on any atom is -0.373 e. The van der Waals surface area contributed by atoms with E-state index >= 15 is 0 Å². The van der Waals surface area contributed by atoms with Crippen LogP contribution in [0.25, 0.3) is 0 Å². The number of hydrogen-bond acceptors (Lipinski definition) is 0. The van der Waals surface area contributed by atoms with E-state index in [1.165, 1.54) is 56.1 Å². The van der Waals surface area contributed by atoms with Crippen LogP contribution in [0.2, 0.25) is 0 Å². The van der Waals surface area contributed by atoms with Gasteiger partial charge in [0.1, 0.15) is 0 Å². The average molecular weight is 426 g/mol. The molecular weight excluding hydrogens is 391 g/mol. The van der Waals surface area contributed by atoms with Gasteiger partial charge in [0.2, 0.25) is 0 Å². The summed E-state index contributed by atoms with van der Waals surface area (Å²) < 4.78 is 0. The Bertz CT molecular complexity index is 296. The third kappa shape index (κ3) is 14.4. The Labute approximate surface area is 184 Å². The van der Waals surface area contributed by atoms with Crippen molar-refractivity contribution in [3.05, 3.63) is 87.5 Å². The molecular formula is C25H34Zr. The first-order valence-electron chi connectivity index (χ1n) is 9.91. The third-order valence-corrected chi connectivity index (χ3v) is 4.07. The fraction of sp³-hybridized carbons (Fsp3) is 0.440.